The van der Waals surface area contributed by atoms with Crippen LogP contribution in [0.1, 0.15) is 25.0 Å². The summed E-state index contributed by atoms with van der Waals surface area (Å²) in [4.78, 5) is 38.9. The van der Waals surface area contributed by atoms with Gasteiger partial charge in [0.15, 0.2) is 6.10 Å². The van der Waals surface area contributed by atoms with Crippen molar-refractivity contribution in [3.05, 3.63) is 83.9 Å². The number of amides is 3. The zero-order valence-electron chi connectivity index (χ0n) is 20.6. The van der Waals surface area contributed by atoms with Crippen LogP contribution in [0.4, 0.5) is 4.79 Å². The molecule has 3 amide bonds. The van der Waals surface area contributed by atoms with E-state index < -0.39 is 30.1 Å². The summed E-state index contributed by atoms with van der Waals surface area (Å²) in [5.41, 5.74) is 7.23. The van der Waals surface area contributed by atoms with E-state index in [9.17, 15) is 19.5 Å². The topological polar surface area (TPSA) is 122 Å². The third-order valence-electron chi connectivity index (χ3n) is 5.66. The van der Waals surface area contributed by atoms with Crippen LogP contribution in [-0.2, 0) is 27.4 Å². The summed E-state index contributed by atoms with van der Waals surface area (Å²) >= 11 is 0. The molecule has 0 heterocycles. The Bertz CT molecular complexity index is 1180. The van der Waals surface area contributed by atoms with Crippen LogP contribution in [0.15, 0.2) is 72.8 Å². The molecule has 0 aliphatic rings. The Kier molecular flexibility index (Phi) is 9.41. The molecule has 2 atom stereocenters. The molecule has 0 aromatic heterocycles. The molecule has 4 N–H and O–H groups in total. The maximum atomic E-state index is 13.1. The number of aliphatic hydroxyl groups excluding tert-OH is 1. The number of urea groups is 1. The van der Waals surface area contributed by atoms with Crippen molar-refractivity contribution in [2.75, 3.05) is 13.1 Å². The number of carbonyl (C=O) groups excluding carboxylic acids is 3. The predicted molar refractivity (Wildman–Crippen MR) is 138 cm³/mol. The third-order valence-corrected chi connectivity index (χ3v) is 5.66. The molecular weight excluding hydrogens is 458 g/mol. The van der Waals surface area contributed by atoms with Crippen LogP contribution >= 0.6 is 0 Å². The minimum atomic E-state index is -1.54. The van der Waals surface area contributed by atoms with Crippen LogP contribution in [0.5, 0.6) is 0 Å². The van der Waals surface area contributed by atoms with E-state index in [2.05, 4.69) is 5.32 Å². The molecule has 190 valence electrons. The highest BCUT2D eigenvalue weighted by atomic mass is 16.5. The Morgan fingerprint density at radius 3 is 2.25 bits per heavy atom. The van der Waals surface area contributed by atoms with E-state index >= 15 is 0 Å². The molecule has 8 heteroatoms. The fourth-order valence-electron chi connectivity index (χ4n) is 3.85. The van der Waals surface area contributed by atoms with Crippen LogP contribution < -0.4 is 11.1 Å². The van der Waals surface area contributed by atoms with E-state index in [1.54, 1.807) is 12.1 Å². The summed E-state index contributed by atoms with van der Waals surface area (Å²) in [5, 5.41) is 15.2. The highest BCUT2D eigenvalue weighted by Crippen LogP contribution is 2.17. The molecule has 36 heavy (non-hydrogen) atoms. The SMILES string of the molecule is CC(C)CN(CC(O)C(=O)OCc1ccccc1)C(=O)NC(Cc1ccc2ccccc2c1)C(N)=O. The highest BCUT2D eigenvalue weighted by Gasteiger charge is 2.27. The number of primary amides is 1. The molecule has 0 aliphatic carbocycles. The Labute approximate surface area is 211 Å². The van der Waals surface area contributed by atoms with E-state index in [1.807, 2.05) is 74.5 Å². The summed E-state index contributed by atoms with van der Waals surface area (Å²) in [7, 11) is 0. The lowest BCUT2D eigenvalue weighted by molar-refractivity contribution is -0.155. The summed E-state index contributed by atoms with van der Waals surface area (Å²) in [6.45, 7) is 3.81. The van der Waals surface area contributed by atoms with Gasteiger partial charge in [0.25, 0.3) is 0 Å². The number of fused-ring (bicyclic) bond motifs is 1. The lowest BCUT2D eigenvalue weighted by atomic mass is 10.0. The molecule has 8 nitrogen and oxygen atoms in total. The first kappa shape index (κ1) is 26.7. The van der Waals surface area contributed by atoms with Gasteiger partial charge in [-0.05, 0) is 27.8 Å². The van der Waals surface area contributed by atoms with Crippen LogP contribution in [0.25, 0.3) is 10.8 Å². The molecule has 3 aromatic carbocycles. The number of nitrogens with one attached hydrogen (secondary N) is 1. The van der Waals surface area contributed by atoms with Gasteiger partial charge >= 0.3 is 12.0 Å². The van der Waals surface area contributed by atoms with Crippen molar-refractivity contribution in [2.24, 2.45) is 11.7 Å². The largest absolute Gasteiger partial charge is 0.459 e. The number of hydrogen-bond donors (Lipinski definition) is 3. The van der Waals surface area contributed by atoms with Crippen LogP contribution in [0.3, 0.4) is 0 Å². The number of aliphatic hydroxyl groups is 1. The Hall–Kier alpha value is -3.91. The number of esters is 1. The van der Waals surface area contributed by atoms with Gasteiger partial charge in [-0.15, -0.1) is 0 Å². The van der Waals surface area contributed by atoms with Crippen molar-refractivity contribution < 1.29 is 24.2 Å². The molecule has 0 radical (unpaired) electrons. The van der Waals surface area contributed by atoms with E-state index in [0.29, 0.717) is 0 Å². The molecule has 0 bridgehead atoms. The number of hydrogen-bond acceptors (Lipinski definition) is 5. The van der Waals surface area contributed by atoms with Gasteiger partial charge in [-0.1, -0.05) is 86.6 Å². The van der Waals surface area contributed by atoms with Gasteiger partial charge in [-0.3, -0.25) is 4.79 Å². The first-order valence-electron chi connectivity index (χ1n) is 11.9. The van der Waals surface area contributed by atoms with E-state index in [-0.39, 0.29) is 32.0 Å². The van der Waals surface area contributed by atoms with Crippen molar-refractivity contribution in [1.29, 1.82) is 0 Å². The lowest BCUT2D eigenvalue weighted by Gasteiger charge is -2.28. The Balaban J connectivity index is 1.64. The minimum Gasteiger partial charge on any atom is -0.459 e. The van der Waals surface area contributed by atoms with E-state index in [0.717, 1.165) is 21.9 Å². The van der Waals surface area contributed by atoms with Crippen LogP contribution in [0.2, 0.25) is 0 Å². The number of nitrogens with zero attached hydrogens (tertiary/aromatic N) is 1. The summed E-state index contributed by atoms with van der Waals surface area (Å²) in [6, 6.07) is 21.2. The molecule has 3 aromatic rings. The number of rotatable bonds is 11. The lowest BCUT2D eigenvalue weighted by Crippen LogP contribution is -2.53. The molecular formula is C28H33N3O5. The minimum absolute atomic E-state index is 0.0165. The molecule has 0 fully saturated rings. The van der Waals surface area contributed by atoms with E-state index in [4.69, 9.17) is 10.5 Å². The summed E-state index contributed by atoms with van der Waals surface area (Å²) in [6.07, 6.45) is -1.32. The first-order valence-corrected chi connectivity index (χ1v) is 11.9. The highest BCUT2D eigenvalue weighted by molar-refractivity contribution is 5.87. The average molecular weight is 492 g/mol. The molecule has 2 unspecified atom stereocenters. The smallest absolute Gasteiger partial charge is 0.337 e. The molecule has 0 saturated carbocycles. The maximum Gasteiger partial charge on any atom is 0.337 e. The Morgan fingerprint density at radius 1 is 0.917 bits per heavy atom. The fourth-order valence-corrected chi connectivity index (χ4v) is 3.85. The normalized spacial score (nSPS) is 12.7. The zero-order valence-corrected chi connectivity index (χ0v) is 20.6. The Morgan fingerprint density at radius 2 is 1.58 bits per heavy atom. The number of benzene rings is 3. The molecule has 0 spiro atoms. The molecule has 3 rings (SSSR count). The van der Waals surface area contributed by atoms with Gasteiger partial charge in [-0.25, -0.2) is 9.59 Å². The second-order valence-corrected chi connectivity index (χ2v) is 9.20. The van der Waals surface area contributed by atoms with Gasteiger partial charge in [0.05, 0.1) is 6.54 Å². The van der Waals surface area contributed by atoms with Crippen molar-refractivity contribution in [1.82, 2.24) is 10.2 Å². The van der Waals surface area contributed by atoms with Crippen LogP contribution in [0, 0.1) is 5.92 Å². The third kappa shape index (κ3) is 7.81. The van der Waals surface area contributed by atoms with Gasteiger partial charge in [0.1, 0.15) is 12.6 Å². The predicted octanol–water partition coefficient (Wildman–Crippen LogP) is 3.01. The summed E-state index contributed by atoms with van der Waals surface area (Å²) in [5.74, 6) is -1.46. The van der Waals surface area contributed by atoms with Gasteiger partial charge in [-0.2, -0.15) is 0 Å². The monoisotopic (exact) mass is 491 g/mol. The first-order chi connectivity index (χ1) is 17.2. The quantitative estimate of drug-likeness (QED) is 0.356. The number of nitrogens with two attached hydrogens (primary N) is 1. The average Bonchev–Trinajstić information content (AvgIpc) is 2.86. The molecule has 0 aliphatic heterocycles. The van der Waals surface area contributed by atoms with Crippen molar-refractivity contribution >= 4 is 28.7 Å². The van der Waals surface area contributed by atoms with Crippen molar-refractivity contribution in [2.45, 2.75) is 39.0 Å². The maximum absolute atomic E-state index is 13.1. The van der Waals surface area contributed by atoms with E-state index in [1.165, 1.54) is 4.90 Å². The second kappa shape index (κ2) is 12.7. The van der Waals surface area contributed by atoms with Gasteiger partial charge < -0.3 is 25.8 Å². The standard InChI is InChI=1S/C28H33N3O5/c1-19(2)16-31(17-25(32)27(34)36-18-20-8-4-3-5-9-20)28(35)30-24(26(29)33)15-21-12-13-22-10-6-7-11-23(22)14-21/h3-14,19,24-25,32H,15-18H2,1-2H3,(H2,29,33)(H,30,35). The summed E-state index contributed by atoms with van der Waals surface area (Å²) < 4.78 is 5.19. The van der Waals surface area contributed by atoms with Crippen LogP contribution in [-0.4, -0.2) is 53.1 Å². The molecule has 0 saturated heterocycles. The fraction of sp³-hybridized carbons (Fsp3) is 0.321. The van der Waals surface area contributed by atoms with Gasteiger partial charge in [0.2, 0.25) is 5.91 Å². The number of ether oxygens (including phenoxy) is 1. The van der Waals surface area contributed by atoms with Crippen molar-refractivity contribution in [3.8, 4) is 0 Å². The van der Waals surface area contributed by atoms with Crippen molar-refractivity contribution in [3.63, 3.8) is 0 Å². The second-order valence-electron chi connectivity index (χ2n) is 9.20. The van der Waals surface area contributed by atoms with Gasteiger partial charge in [0, 0.05) is 13.0 Å². The number of carbonyl (C=O) groups is 3. The zero-order chi connectivity index (χ0) is 26.1.